The Morgan fingerprint density at radius 3 is 2.48 bits per heavy atom. The van der Waals surface area contributed by atoms with E-state index in [-0.39, 0.29) is 0 Å². The third-order valence-corrected chi connectivity index (χ3v) is 4.27. The van der Waals surface area contributed by atoms with Crippen molar-refractivity contribution in [3.63, 3.8) is 0 Å². The van der Waals surface area contributed by atoms with Crippen LogP contribution in [0.5, 0.6) is 5.75 Å². The van der Waals surface area contributed by atoms with E-state index in [0.717, 1.165) is 39.3 Å². The van der Waals surface area contributed by atoms with Gasteiger partial charge in [-0.2, -0.15) is 0 Å². The summed E-state index contributed by atoms with van der Waals surface area (Å²) in [4.78, 5) is 4.78. The molecule has 1 aromatic carbocycles. The fraction of sp³-hybridized carbons (Fsp3) is 0.600. The first-order valence-electron chi connectivity index (χ1n) is 7.21. The molecule has 4 nitrogen and oxygen atoms in total. The first kappa shape index (κ1) is 16.8. The van der Waals surface area contributed by atoms with Gasteiger partial charge in [-0.1, -0.05) is 23.2 Å². The molecule has 1 heterocycles. The predicted molar refractivity (Wildman–Crippen MR) is 86.7 cm³/mol. The van der Waals surface area contributed by atoms with Gasteiger partial charge in [0.25, 0.3) is 0 Å². The van der Waals surface area contributed by atoms with Crippen LogP contribution in [0.2, 0.25) is 10.0 Å². The Morgan fingerprint density at radius 1 is 1.00 bits per heavy atom. The molecule has 0 radical (unpaired) electrons. The summed E-state index contributed by atoms with van der Waals surface area (Å²) in [5.41, 5.74) is 0. The van der Waals surface area contributed by atoms with Crippen molar-refractivity contribution in [2.24, 2.45) is 0 Å². The van der Waals surface area contributed by atoms with Crippen LogP contribution in [-0.2, 0) is 4.74 Å². The van der Waals surface area contributed by atoms with Gasteiger partial charge < -0.3 is 14.4 Å². The van der Waals surface area contributed by atoms with Crippen LogP contribution in [0.25, 0.3) is 0 Å². The normalized spacial score (nSPS) is 17.1. The van der Waals surface area contributed by atoms with E-state index in [0.29, 0.717) is 29.0 Å². The number of hydrogen-bond donors (Lipinski definition) is 0. The summed E-state index contributed by atoms with van der Waals surface area (Å²) in [6, 6.07) is 5.25. The van der Waals surface area contributed by atoms with Crippen LogP contribution in [0.15, 0.2) is 18.2 Å². The van der Waals surface area contributed by atoms with Gasteiger partial charge >= 0.3 is 0 Å². The van der Waals surface area contributed by atoms with Crippen LogP contribution in [0.4, 0.5) is 0 Å². The Morgan fingerprint density at radius 2 is 1.76 bits per heavy atom. The van der Waals surface area contributed by atoms with Gasteiger partial charge in [-0.05, 0) is 19.2 Å². The molecule has 1 aliphatic rings. The fourth-order valence-electron chi connectivity index (χ4n) is 2.15. The van der Waals surface area contributed by atoms with Crippen molar-refractivity contribution in [2.75, 3.05) is 59.6 Å². The standard InChI is InChI=1S/C15H22Cl2N2O2/c1-18-4-6-19(7-5-18)8-9-20-10-11-21-13-2-3-14(16)15(17)12-13/h2-3,12H,4-11H2,1H3. The summed E-state index contributed by atoms with van der Waals surface area (Å²) in [5, 5.41) is 1.04. The van der Waals surface area contributed by atoms with Gasteiger partial charge in [0.05, 0.1) is 23.3 Å². The van der Waals surface area contributed by atoms with E-state index in [2.05, 4.69) is 16.8 Å². The highest BCUT2D eigenvalue weighted by Gasteiger charge is 2.12. The molecule has 118 valence electrons. The van der Waals surface area contributed by atoms with Crippen LogP contribution in [0.1, 0.15) is 0 Å². The van der Waals surface area contributed by atoms with E-state index in [1.54, 1.807) is 18.2 Å². The van der Waals surface area contributed by atoms with Gasteiger partial charge in [0.1, 0.15) is 12.4 Å². The highest BCUT2D eigenvalue weighted by atomic mass is 35.5. The molecule has 0 amide bonds. The lowest BCUT2D eigenvalue weighted by molar-refractivity contribution is 0.0658. The number of likely N-dealkylation sites (N-methyl/N-ethyl adjacent to an activating group) is 1. The minimum atomic E-state index is 0.505. The van der Waals surface area contributed by atoms with Crippen molar-refractivity contribution in [3.8, 4) is 5.75 Å². The van der Waals surface area contributed by atoms with Crippen LogP contribution >= 0.6 is 23.2 Å². The molecule has 1 aromatic rings. The zero-order valence-corrected chi connectivity index (χ0v) is 13.9. The Balaban J connectivity index is 1.53. The first-order valence-corrected chi connectivity index (χ1v) is 7.97. The maximum Gasteiger partial charge on any atom is 0.121 e. The quantitative estimate of drug-likeness (QED) is 0.716. The molecule has 0 saturated carbocycles. The van der Waals surface area contributed by atoms with Crippen LogP contribution < -0.4 is 4.74 Å². The highest BCUT2D eigenvalue weighted by molar-refractivity contribution is 6.42. The van der Waals surface area contributed by atoms with Crippen molar-refractivity contribution in [3.05, 3.63) is 28.2 Å². The average Bonchev–Trinajstić information content (AvgIpc) is 2.48. The van der Waals surface area contributed by atoms with Gasteiger partial charge in [0.2, 0.25) is 0 Å². The van der Waals surface area contributed by atoms with Crippen molar-refractivity contribution in [1.29, 1.82) is 0 Å². The molecule has 0 aromatic heterocycles. The number of rotatable bonds is 7. The molecule has 0 atom stereocenters. The Bertz CT molecular complexity index is 438. The number of ether oxygens (including phenoxy) is 2. The van der Waals surface area contributed by atoms with Crippen molar-refractivity contribution >= 4 is 23.2 Å². The first-order chi connectivity index (χ1) is 10.1. The molecule has 21 heavy (non-hydrogen) atoms. The van der Waals surface area contributed by atoms with Crippen molar-refractivity contribution in [2.45, 2.75) is 0 Å². The Kier molecular flexibility index (Phi) is 7.07. The van der Waals surface area contributed by atoms with E-state index in [1.165, 1.54) is 0 Å². The topological polar surface area (TPSA) is 24.9 Å². The summed E-state index contributed by atoms with van der Waals surface area (Å²) < 4.78 is 11.2. The van der Waals surface area contributed by atoms with Gasteiger partial charge in [-0.3, -0.25) is 4.90 Å². The largest absolute Gasteiger partial charge is 0.491 e. The summed E-state index contributed by atoms with van der Waals surface area (Å²) in [7, 11) is 2.16. The van der Waals surface area contributed by atoms with Gasteiger partial charge in [-0.15, -0.1) is 0 Å². The summed E-state index contributed by atoms with van der Waals surface area (Å²) in [5.74, 6) is 0.715. The van der Waals surface area contributed by atoms with E-state index in [4.69, 9.17) is 32.7 Å². The number of benzene rings is 1. The van der Waals surface area contributed by atoms with Crippen LogP contribution in [-0.4, -0.2) is 69.4 Å². The lowest BCUT2D eigenvalue weighted by Gasteiger charge is -2.32. The van der Waals surface area contributed by atoms with E-state index < -0.39 is 0 Å². The molecule has 1 saturated heterocycles. The Labute approximate surface area is 136 Å². The Hall–Kier alpha value is -0.520. The molecule has 0 unspecified atom stereocenters. The van der Waals surface area contributed by atoms with Crippen LogP contribution in [0.3, 0.4) is 0 Å². The summed E-state index contributed by atoms with van der Waals surface area (Å²) in [6.07, 6.45) is 0. The molecule has 0 aliphatic carbocycles. The zero-order valence-electron chi connectivity index (χ0n) is 12.4. The molecule has 0 spiro atoms. The molecule has 0 N–H and O–H groups in total. The number of nitrogens with zero attached hydrogens (tertiary/aromatic N) is 2. The lowest BCUT2D eigenvalue weighted by atomic mass is 10.3. The number of hydrogen-bond acceptors (Lipinski definition) is 4. The smallest absolute Gasteiger partial charge is 0.121 e. The maximum absolute atomic E-state index is 5.92. The van der Waals surface area contributed by atoms with Crippen LogP contribution in [0, 0.1) is 0 Å². The van der Waals surface area contributed by atoms with Gasteiger partial charge in [0.15, 0.2) is 0 Å². The van der Waals surface area contributed by atoms with Crippen molar-refractivity contribution < 1.29 is 9.47 Å². The molecule has 1 fully saturated rings. The van der Waals surface area contributed by atoms with E-state index >= 15 is 0 Å². The molecule has 6 heteroatoms. The monoisotopic (exact) mass is 332 g/mol. The SMILES string of the molecule is CN1CCN(CCOCCOc2ccc(Cl)c(Cl)c2)CC1. The fourth-order valence-corrected chi connectivity index (χ4v) is 2.44. The highest BCUT2D eigenvalue weighted by Crippen LogP contribution is 2.26. The zero-order chi connectivity index (χ0) is 15.1. The number of halogens is 2. The lowest BCUT2D eigenvalue weighted by Crippen LogP contribution is -2.45. The van der Waals surface area contributed by atoms with Gasteiger partial charge in [-0.25, -0.2) is 0 Å². The molecule has 1 aliphatic heterocycles. The molecule has 2 rings (SSSR count). The van der Waals surface area contributed by atoms with Crippen molar-refractivity contribution in [1.82, 2.24) is 9.80 Å². The van der Waals surface area contributed by atoms with E-state index in [9.17, 15) is 0 Å². The van der Waals surface area contributed by atoms with E-state index in [1.807, 2.05) is 0 Å². The molecular weight excluding hydrogens is 311 g/mol. The third kappa shape index (κ3) is 6.01. The second-order valence-electron chi connectivity index (χ2n) is 5.18. The summed E-state index contributed by atoms with van der Waals surface area (Å²) >= 11 is 11.8. The molecule has 0 bridgehead atoms. The minimum Gasteiger partial charge on any atom is -0.491 e. The second kappa shape index (κ2) is 8.81. The second-order valence-corrected chi connectivity index (χ2v) is 6.00. The predicted octanol–water partition coefficient (Wildman–Crippen LogP) is 2.64. The minimum absolute atomic E-state index is 0.505. The summed E-state index contributed by atoms with van der Waals surface area (Å²) in [6.45, 7) is 7.35. The maximum atomic E-state index is 5.92. The van der Waals surface area contributed by atoms with Gasteiger partial charge in [0, 0.05) is 38.8 Å². The molecular formula is C15H22Cl2N2O2. The number of piperazine rings is 1. The average molecular weight is 333 g/mol. The third-order valence-electron chi connectivity index (χ3n) is 3.54.